The molecule has 0 radical (unpaired) electrons. The fourth-order valence-electron chi connectivity index (χ4n) is 4.59. The number of anilines is 1. The zero-order valence-corrected chi connectivity index (χ0v) is 20.9. The number of hydrogen-bond donors (Lipinski definition) is 0. The Kier molecular flexibility index (Phi) is 6.70. The van der Waals surface area contributed by atoms with E-state index in [9.17, 15) is 9.59 Å². The molecule has 1 aromatic heterocycles. The van der Waals surface area contributed by atoms with Crippen LogP contribution < -0.4 is 19.8 Å². The lowest BCUT2D eigenvalue weighted by molar-refractivity contribution is 0.0971. The molecule has 0 spiro atoms. The number of nitrogens with zero attached hydrogens (tertiary/aromatic N) is 1. The monoisotopic (exact) mass is 503 g/mol. The molecule has 0 fully saturated rings. The topological polar surface area (TPSA) is 69.0 Å². The Balaban J connectivity index is 1.62. The number of fused-ring (bicyclic) bond motifs is 2. The van der Waals surface area contributed by atoms with Crippen LogP contribution in [0.4, 0.5) is 5.69 Å². The van der Waals surface area contributed by atoms with Gasteiger partial charge < -0.3 is 13.9 Å². The molecule has 5 rings (SSSR count). The molecule has 0 saturated carbocycles. The molecule has 0 aliphatic carbocycles. The average Bonchev–Trinajstić information content (AvgIpc) is 3.19. The van der Waals surface area contributed by atoms with Crippen LogP contribution in [0.15, 0.2) is 75.9 Å². The van der Waals surface area contributed by atoms with Gasteiger partial charge >= 0.3 is 0 Å². The second-order valence-corrected chi connectivity index (χ2v) is 9.10. The molecule has 1 unspecified atom stereocenters. The minimum Gasteiger partial charge on any atom is -0.495 e. The summed E-state index contributed by atoms with van der Waals surface area (Å²) in [6.45, 7) is 2.79. The summed E-state index contributed by atoms with van der Waals surface area (Å²) in [7, 11) is 1.53. The van der Waals surface area contributed by atoms with E-state index in [1.54, 1.807) is 47.4 Å². The van der Waals surface area contributed by atoms with Gasteiger partial charge in [-0.3, -0.25) is 14.5 Å². The third kappa shape index (κ3) is 4.22. The zero-order chi connectivity index (χ0) is 25.2. The van der Waals surface area contributed by atoms with E-state index in [0.717, 1.165) is 30.6 Å². The van der Waals surface area contributed by atoms with Crippen LogP contribution in [-0.4, -0.2) is 19.6 Å². The van der Waals surface area contributed by atoms with Crippen LogP contribution in [0.1, 0.15) is 53.9 Å². The van der Waals surface area contributed by atoms with E-state index in [1.165, 1.54) is 7.11 Å². The second kappa shape index (κ2) is 10.1. The van der Waals surface area contributed by atoms with E-state index in [2.05, 4.69) is 6.92 Å². The lowest BCUT2D eigenvalue weighted by atomic mass is 9.98. The molecule has 1 amide bonds. The summed E-state index contributed by atoms with van der Waals surface area (Å²) < 4.78 is 17.1. The molecule has 6 nitrogen and oxygen atoms in total. The lowest BCUT2D eigenvalue weighted by Gasteiger charge is -2.26. The molecule has 7 heteroatoms. The number of ether oxygens (including phenoxy) is 2. The van der Waals surface area contributed by atoms with Crippen molar-refractivity contribution in [2.24, 2.45) is 0 Å². The number of amides is 1. The summed E-state index contributed by atoms with van der Waals surface area (Å²) in [5.41, 5.74) is 1.75. The molecular weight excluding hydrogens is 478 g/mol. The van der Waals surface area contributed by atoms with Crippen LogP contribution in [0.3, 0.4) is 0 Å². The summed E-state index contributed by atoms with van der Waals surface area (Å²) in [6, 6.07) is 18.9. The van der Waals surface area contributed by atoms with E-state index in [0.29, 0.717) is 39.6 Å². The van der Waals surface area contributed by atoms with E-state index >= 15 is 0 Å². The number of methoxy groups -OCH3 is 1. The normalized spacial score (nSPS) is 14.8. The summed E-state index contributed by atoms with van der Waals surface area (Å²) in [6.07, 6.45) is 3.23. The molecule has 1 aliphatic rings. The van der Waals surface area contributed by atoms with Crippen LogP contribution in [0.25, 0.3) is 11.0 Å². The van der Waals surface area contributed by atoms with E-state index in [-0.39, 0.29) is 11.2 Å². The van der Waals surface area contributed by atoms with Crippen molar-refractivity contribution in [3.63, 3.8) is 0 Å². The van der Waals surface area contributed by atoms with Crippen molar-refractivity contribution >= 4 is 34.2 Å². The van der Waals surface area contributed by atoms with Gasteiger partial charge in [-0.05, 0) is 54.4 Å². The van der Waals surface area contributed by atoms with Gasteiger partial charge in [0.1, 0.15) is 17.1 Å². The Bertz CT molecular complexity index is 1480. The highest BCUT2D eigenvalue weighted by molar-refractivity contribution is 6.32. The van der Waals surface area contributed by atoms with Gasteiger partial charge in [0.25, 0.3) is 5.91 Å². The molecule has 0 N–H and O–H groups in total. The highest BCUT2D eigenvalue weighted by Crippen LogP contribution is 2.43. The van der Waals surface area contributed by atoms with Crippen molar-refractivity contribution in [1.29, 1.82) is 0 Å². The minimum absolute atomic E-state index is 0.0375. The first-order valence-corrected chi connectivity index (χ1v) is 12.4. The molecule has 0 saturated heterocycles. The summed E-state index contributed by atoms with van der Waals surface area (Å²) in [5.74, 6) is 0.865. The highest BCUT2D eigenvalue weighted by Gasteiger charge is 2.43. The van der Waals surface area contributed by atoms with Crippen LogP contribution in [0.5, 0.6) is 11.5 Å². The Hall–Kier alpha value is -3.77. The van der Waals surface area contributed by atoms with Gasteiger partial charge in [0.05, 0.1) is 35.7 Å². The van der Waals surface area contributed by atoms with Gasteiger partial charge in [0.2, 0.25) is 5.76 Å². The Morgan fingerprint density at radius 3 is 2.50 bits per heavy atom. The van der Waals surface area contributed by atoms with Crippen LogP contribution >= 0.6 is 11.6 Å². The maximum atomic E-state index is 13.7. The largest absolute Gasteiger partial charge is 0.495 e. The molecule has 2 heterocycles. The van der Waals surface area contributed by atoms with E-state index < -0.39 is 11.9 Å². The smallest absolute Gasteiger partial charge is 0.295 e. The molecule has 4 aromatic rings. The Labute approximate surface area is 214 Å². The molecule has 1 atom stereocenters. The van der Waals surface area contributed by atoms with Crippen molar-refractivity contribution in [3.8, 4) is 11.5 Å². The van der Waals surface area contributed by atoms with Crippen molar-refractivity contribution in [1.82, 2.24) is 0 Å². The number of rotatable bonds is 8. The highest BCUT2D eigenvalue weighted by atomic mass is 35.5. The van der Waals surface area contributed by atoms with Gasteiger partial charge in [0.15, 0.2) is 5.43 Å². The predicted molar refractivity (Wildman–Crippen MR) is 141 cm³/mol. The number of hydrogen-bond acceptors (Lipinski definition) is 5. The van der Waals surface area contributed by atoms with E-state index in [1.807, 2.05) is 24.3 Å². The molecule has 184 valence electrons. The standard InChI is InChI=1S/C29H26ClNO5/c1-3-4-7-16-35-20-13-10-18(11-14-20)26-25-27(32)21-8-5-6-9-23(21)36-28(25)29(33)31(26)19-12-15-24(34-2)22(30)17-19/h5-6,8-15,17,26H,3-4,7,16H2,1-2H3. The number of halogens is 1. The Morgan fingerprint density at radius 2 is 1.78 bits per heavy atom. The first kappa shape index (κ1) is 23.9. The summed E-state index contributed by atoms with van der Waals surface area (Å²) in [5, 5.41) is 0.789. The molecule has 0 bridgehead atoms. The van der Waals surface area contributed by atoms with Gasteiger partial charge in [0, 0.05) is 5.69 Å². The quantitative estimate of drug-likeness (QED) is 0.248. The van der Waals surface area contributed by atoms with Gasteiger partial charge in [-0.15, -0.1) is 0 Å². The minimum atomic E-state index is -0.688. The van der Waals surface area contributed by atoms with Gasteiger partial charge in [-0.2, -0.15) is 0 Å². The van der Waals surface area contributed by atoms with Crippen LogP contribution in [0.2, 0.25) is 5.02 Å². The fraction of sp³-hybridized carbons (Fsp3) is 0.241. The van der Waals surface area contributed by atoms with Gasteiger partial charge in [-0.1, -0.05) is 55.6 Å². The van der Waals surface area contributed by atoms with Crippen molar-refractivity contribution in [3.05, 3.63) is 98.9 Å². The number of carbonyl (C=O) groups is 1. The first-order chi connectivity index (χ1) is 17.5. The molecule has 3 aromatic carbocycles. The fourth-order valence-corrected chi connectivity index (χ4v) is 4.85. The maximum Gasteiger partial charge on any atom is 0.295 e. The first-order valence-electron chi connectivity index (χ1n) is 12.0. The van der Waals surface area contributed by atoms with Crippen LogP contribution in [0, 0.1) is 0 Å². The Morgan fingerprint density at radius 1 is 1.00 bits per heavy atom. The SMILES string of the molecule is CCCCCOc1ccc(C2c3c(oc4ccccc4c3=O)C(=O)N2c2ccc(OC)c(Cl)c2)cc1. The number of carbonyl (C=O) groups excluding carboxylic acids is 1. The average molecular weight is 504 g/mol. The number of benzene rings is 3. The van der Waals surface area contributed by atoms with Crippen molar-refractivity contribution in [2.75, 3.05) is 18.6 Å². The third-order valence-electron chi connectivity index (χ3n) is 6.40. The third-order valence-corrected chi connectivity index (χ3v) is 6.70. The van der Waals surface area contributed by atoms with Crippen LogP contribution in [-0.2, 0) is 0 Å². The lowest BCUT2D eigenvalue weighted by Crippen LogP contribution is -2.29. The van der Waals surface area contributed by atoms with Crippen molar-refractivity contribution in [2.45, 2.75) is 32.2 Å². The van der Waals surface area contributed by atoms with Crippen molar-refractivity contribution < 1.29 is 18.7 Å². The predicted octanol–water partition coefficient (Wildman–Crippen LogP) is 6.77. The number of unbranched alkanes of at least 4 members (excludes halogenated alkanes) is 2. The second-order valence-electron chi connectivity index (χ2n) is 8.69. The molecule has 1 aliphatic heterocycles. The van der Waals surface area contributed by atoms with E-state index in [4.69, 9.17) is 25.5 Å². The number of para-hydroxylation sites is 1. The molecular formula is C29H26ClNO5. The summed E-state index contributed by atoms with van der Waals surface area (Å²) >= 11 is 6.40. The maximum absolute atomic E-state index is 13.7. The van der Waals surface area contributed by atoms with Gasteiger partial charge in [-0.25, -0.2) is 0 Å². The zero-order valence-electron chi connectivity index (χ0n) is 20.1. The molecule has 36 heavy (non-hydrogen) atoms. The summed E-state index contributed by atoms with van der Waals surface area (Å²) in [4.78, 5) is 28.9.